The summed E-state index contributed by atoms with van der Waals surface area (Å²) in [5, 5.41) is 0. The number of rotatable bonds is 4. The van der Waals surface area contributed by atoms with Gasteiger partial charge in [0.15, 0.2) is 5.82 Å². The zero-order chi connectivity index (χ0) is 13.7. The van der Waals surface area contributed by atoms with Gasteiger partial charge in [-0.3, -0.25) is 4.79 Å². The first kappa shape index (κ1) is 13.7. The van der Waals surface area contributed by atoms with Crippen molar-refractivity contribution in [2.24, 2.45) is 11.8 Å². The third-order valence-corrected chi connectivity index (χ3v) is 3.15. The maximum Gasteiger partial charge on any atom is 0.273 e. The Morgan fingerprint density at radius 1 is 1.58 bits per heavy atom. The minimum atomic E-state index is -0.137. The van der Waals surface area contributed by atoms with Gasteiger partial charge >= 0.3 is 0 Å². The first-order valence-electron chi connectivity index (χ1n) is 6.32. The number of amides is 1. The first-order chi connectivity index (χ1) is 9.20. The first-order valence-corrected chi connectivity index (χ1v) is 6.32. The molecule has 1 saturated heterocycles. The number of anilines is 1. The maximum absolute atomic E-state index is 12.1. The van der Waals surface area contributed by atoms with E-state index >= 15 is 0 Å². The second-order valence-electron chi connectivity index (χ2n) is 4.70. The predicted molar refractivity (Wildman–Crippen MR) is 70.3 cm³/mol. The molecule has 104 valence electrons. The Labute approximate surface area is 112 Å². The highest BCUT2D eigenvalue weighted by atomic mass is 16.5. The molecule has 0 spiro atoms. The van der Waals surface area contributed by atoms with Crippen molar-refractivity contribution in [2.75, 3.05) is 32.2 Å². The number of carbonyl (C=O) groups excluding carboxylic acids is 1. The summed E-state index contributed by atoms with van der Waals surface area (Å²) in [6.07, 6.45) is 5.01. The van der Waals surface area contributed by atoms with Gasteiger partial charge in [0.1, 0.15) is 5.69 Å². The lowest BCUT2D eigenvalue weighted by Gasteiger charge is -2.26. The molecular formula is C12H19N5O2. The van der Waals surface area contributed by atoms with Gasteiger partial charge in [0.05, 0.1) is 19.0 Å². The van der Waals surface area contributed by atoms with Crippen LogP contribution in [0.4, 0.5) is 5.82 Å². The van der Waals surface area contributed by atoms with E-state index in [-0.39, 0.29) is 5.91 Å². The van der Waals surface area contributed by atoms with Crippen LogP contribution in [0.3, 0.4) is 0 Å². The van der Waals surface area contributed by atoms with Crippen LogP contribution in [0.25, 0.3) is 0 Å². The quantitative estimate of drug-likeness (QED) is 0.599. The van der Waals surface area contributed by atoms with Gasteiger partial charge in [0.2, 0.25) is 0 Å². The van der Waals surface area contributed by atoms with Crippen LogP contribution < -0.4 is 11.3 Å². The molecule has 2 rings (SSSR count). The summed E-state index contributed by atoms with van der Waals surface area (Å²) in [7, 11) is 1.77. The molecular weight excluding hydrogens is 246 g/mol. The van der Waals surface area contributed by atoms with E-state index in [0.29, 0.717) is 24.0 Å². The van der Waals surface area contributed by atoms with Gasteiger partial charge in [0, 0.05) is 20.2 Å². The Morgan fingerprint density at radius 3 is 3.00 bits per heavy atom. The van der Waals surface area contributed by atoms with E-state index in [0.717, 1.165) is 26.1 Å². The number of ether oxygens (including phenoxy) is 1. The van der Waals surface area contributed by atoms with Crippen LogP contribution in [0.2, 0.25) is 0 Å². The largest absolute Gasteiger partial charge is 0.381 e. The molecule has 1 unspecified atom stereocenters. The molecule has 3 N–H and O–H groups in total. The molecule has 2 heterocycles. The fraction of sp³-hybridized carbons (Fsp3) is 0.583. The number of nitrogens with one attached hydrogen (secondary N) is 1. The Balaban J connectivity index is 1.93. The lowest BCUT2D eigenvalue weighted by atomic mass is 10.0. The fourth-order valence-corrected chi connectivity index (χ4v) is 2.13. The summed E-state index contributed by atoms with van der Waals surface area (Å²) < 4.78 is 5.41. The van der Waals surface area contributed by atoms with Crippen molar-refractivity contribution in [3.63, 3.8) is 0 Å². The van der Waals surface area contributed by atoms with Gasteiger partial charge in [-0.1, -0.05) is 0 Å². The molecule has 0 saturated carbocycles. The molecule has 7 nitrogen and oxygen atoms in total. The van der Waals surface area contributed by atoms with Crippen molar-refractivity contribution in [2.45, 2.75) is 12.8 Å². The Hall–Kier alpha value is -1.73. The molecule has 0 aliphatic carbocycles. The van der Waals surface area contributed by atoms with Crippen molar-refractivity contribution in [3.05, 3.63) is 18.1 Å². The van der Waals surface area contributed by atoms with E-state index in [2.05, 4.69) is 15.4 Å². The number of carbonyl (C=O) groups is 1. The molecule has 19 heavy (non-hydrogen) atoms. The molecule has 0 bridgehead atoms. The molecule has 1 aromatic rings. The molecule has 1 aliphatic rings. The highest BCUT2D eigenvalue weighted by Crippen LogP contribution is 2.15. The summed E-state index contributed by atoms with van der Waals surface area (Å²) >= 11 is 0. The van der Waals surface area contributed by atoms with Gasteiger partial charge < -0.3 is 15.1 Å². The van der Waals surface area contributed by atoms with Crippen molar-refractivity contribution < 1.29 is 9.53 Å². The van der Waals surface area contributed by atoms with Crippen LogP contribution in [-0.4, -0.2) is 47.6 Å². The summed E-state index contributed by atoms with van der Waals surface area (Å²) in [5.74, 6) is 5.89. The van der Waals surface area contributed by atoms with E-state index in [1.54, 1.807) is 11.9 Å². The van der Waals surface area contributed by atoms with E-state index in [4.69, 9.17) is 10.6 Å². The van der Waals surface area contributed by atoms with Crippen molar-refractivity contribution >= 4 is 11.7 Å². The molecule has 1 atom stereocenters. The van der Waals surface area contributed by atoms with Crippen molar-refractivity contribution in [3.8, 4) is 0 Å². The predicted octanol–water partition coefficient (Wildman–Crippen LogP) is 0.261. The maximum atomic E-state index is 12.1. The van der Waals surface area contributed by atoms with E-state index in [1.165, 1.54) is 12.4 Å². The van der Waals surface area contributed by atoms with Gasteiger partial charge in [0.25, 0.3) is 5.91 Å². The lowest BCUT2D eigenvalue weighted by Crippen LogP contribution is -2.35. The van der Waals surface area contributed by atoms with Gasteiger partial charge in [-0.15, -0.1) is 0 Å². The molecule has 1 aliphatic heterocycles. The minimum absolute atomic E-state index is 0.137. The molecule has 1 aromatic heterocycles. The zero-order valence-corrected chi connectivity index (χ0v) is 11.0. The second kappa shape index (κ2) is 6.44. The number of nitrogen functional groups attached to an aromatic ring is 1. The fourth-order valence-electron chi connectivity index (χ4n) is 2.13. The third kappa shape index (κ3) is 3.62. The van der Waals surface area contributed by atoms with E-state index < -0.39 is 0 Å². The van der Waals surface area contributed by atoms with Crippen LogP contribution in [-0.2, 0) is 4.74 Å². The highest BCUT2D eigenvalue weighted by Gasteiger charge is 2.20. The monoisotopic (exact) mass is 265 g/mol. The number of nitrogens with zero attached hydrogens (tertiary/aromatic N) is 3. The standard InChI is InChI=1S/C12H19N5O2/c1-17(7-9-3-2-4-19-8-9)12(18)10-5-15-11(16-13)6-14-10/h5-6,9H,2-4,7-8,13H2,1H3,(H,15,16). The van der Waals surface area contributed by atoms with Crippen molar-refractivity contribution in [1.82, 2.24) is 14.9 Å². The van der Waals surface area contributed by atoms with Gasteiger partial charge in [-0.25, -0.2) is 15.8 Å². The number of aromatic nitrogens is 2. The number of hydrogen-bond acceptors (Lipinski definition) is 6. The molecule has 1 fully saturated rings. The average molecular weight is 265 g/mol. The summed E-state index contributed by atoms with van der Waals surface area (Å²) in [6.45, 7) is 2.23. The average Bonchev–Trinajstić information content (AvgIpc) is 2.47. The van der Waals surface area contributed by atoms with E-state index in [1.807, 2.05) is 0 Å². The van der Waals surface area contributed by atoms with Crippen LogP contribution in [0, 0.1) is 5.92 Å². The molecule has 1 amide bonds. The minimum Gasteiger partial charge on any atom is -0.381 e. The van der Waals surface area contributed by atoms with Crippen LogP contribution in [0.5, 0.6) is 0 Å². The smallest absolute Gasteiger partial charge is 0.273 e. The van der Waals surface area contributed by atoms with Crippen LogP contribution in [0.1, 0.15) is 23.3 Å². The Morgan fingerprint density at radius 2 is 2.42 bits per heavy atom. The number of hydrazine groups is 1. The van der Waals surface area contributed by atoms with Crippen LogP contribution in [0.15, 0.2) is 12.4 Å². The summed E-state index contributed by atoms with van der Waals surface area (Å²) in [4.78, 5) is 21.8. The Kier molecular flexibility index (Phi) is 4.64. The third-order valence-electron chi connectivity index (χ3n) is 3.15. The van der Waals surface area contributed by atoms with Gasteiger partial charge in [-0.05, 0) is 18.8 Å². The summed E-state index contributed by atoms with van der Waals surface area (Å²) in [6, 6.07) is 0. The van der Waals surface area contributed by atoms with E-state index in [9.17, 15) is 4.79 Å². The molecule has 7 heteroatoms. The van der Waals surface area contributed by atoms with Crippen molar-refractivity contribution in [1.29, 1.82) is 0 Å². The second-order valence-corrected chi connectivity index (χ2v) is 4.70. The highest BCUT2D eigenvalue weighted by molar-refractivity contribution is 5.91. The Bertz CT molecular complexity index is 417. The normalized spacial score (nSPS) is 18.9. The molecule has 0 radical (unpaired) electrons. The number of hydrogen-bond donors (Lipinski definition) is 2. The number of nitrogens with two attached hydrogens (primary N) is 1. The molecule has 0 aromatic carbocycles. The zero-order valence-electron chi connectivity index (χ0n) is 11.0. The summed E-state index contributed by atoms with van der Waals surface area (Å²) in [5.41, 5.74) is 2.69. The lowest BCUT2D eigenvalue weighted by molar-refractivity contribution is 0.0386. The van der Waals surface area contributed by atoms with Crippen LogP contribution >= 0.6 is 0 Å². The SMILES string of the molecule is CN(CC1CCCOC1)C(=O)c1cnc(NN)cn1. The topological polar surface area (TPSA) is 93.4 Å². The van der Waals surface area contributed by atoms with Gasteiger partial charge in [-0.2, -0.15) is 0 Å².